The first-order valence-electron chi connectivity index (χ1n) is 15.6. The lowest BCUT2D eigenvalue weighted by molar-refractivity contribution is 0.204. The Labute approximate surface area is 229 Å². The zero-order valence-corrected chi connectivity index (χ0v) is 23.9. The number of piperidine rings is 1. The maximum absolute atomic E-state index is 6.15. The van der Waals surface area contributed by atoms with Crippen molar-refractivity contribution >= 4 is 22.9 Å². The van der Waals surface area contributed by atoms with Crippen molar-refractivity contribution in [3.05, 3.63) is 6.33 Å². The van der Waals surface area contributed by atoms with Crippen molar-refractivity contribution in [1.82, 2.24) is 29.4 Å². The van der Waals surface area contributed by atoms with Crippen molar-refractivity contribution < 1.29 is 0 Å². The fraction of sp³-hybridized carbons (Fsp3) is 0.828. The number of nitrogens with two attached hydrogens (primary N) is 1. The van der Waals surface area contributed by atoms with Gasteiger partial charge in [0.25, 0.3) is 0 Å². The number of nitrogens with zero attached hydrogens (tertiary/aromatic N) is 6. The number of hydrazine groups is 1. The van der Waals surface area contributed by atoms with Gasteiger partial charge in [0.1, 0.15) is 0 Å². The standard InChI is InChI=1S/C29H51N9/c1-3-36(4-2)18-8-7-9-22-16-19-37(20-17-22)35-27-26-28(38(21-31-26)25-10-5-6-11-25)34-29(33-27)32-24-14-12-23(30)13-15-24/h21-25H,3-20,30H2,1-2H3,(H2,32,33,34,35)/t23-,24-. The van der Waals surface area contributed by atoms with Crippen LogP contribution in [0.4, 0.5) is 11.8 Å². The first-order chi connectivity index (χ1) is 18.6. The summed E-state index contributed by atoms with van der Waals surface area (Å²) in [5.41, 5.74) is 11.7. The third-order valence-corrected chi connectivity index (χ3v) is 9.35. The lowest BCUT2D eigenvalue weighted by Crippen LogP contribution is -2.38. The Balaban J connectivity index is 1.22. The Morgan fingerprint density at radius 2 is 1.68 bits per heavy atom. The van der Waals surface area contributed by atoms with Crippen LogP contribution >= 0.6 is 0 Å². The van der Waals surface area contributed by atoms with Crippen molar-refractivity contribution in [2.45, 2.75) is 115 Å². The molecule has 0 aromatic carbocycles. The van der Waals surface area contributed by atoms with Crippen LogP contribution in [-0.4, -0.2) is 74.2 Å². The number of imidazole rings is 1. The summed E-state index contributed by atoms with van der Waals surface area (Å²) in [5.74, 6) is 2.41. The molecular weight excluding hydrogens is 474 g/mol. The van der Waals surface area contributed by atoms with E-state index in [1.54, 1.807) is 0 Å². The smallest absolute Gasteiger partial charge is 0.227 e. The molecule has 0 bridgehead atoms. The van der Waals surface area contributed by atoms with E-state index in [2.05, 4.69) is 39.1 Å². The minimum Gasteiger partial charge on any atom is -0.351 e. The molecule has 0 spiro atoms. The van der Waals surface area contributed by atoms with Crippen molar-refractivity contribution in [1.29, 1.82) is 0 Å². The lowest BCUT2D eigenvalue weighted by atomic mass is 9.92. The van der Waals surface area contributed by atoms with Gasteiger partial charge in [0.2, 0.25) is 5.95 Å². The predicted molar refractivity (Wildman–Crippen MR) is 156 cm³/mol. The quantitative estimate of drug-likeness (QED) is 0.326. The maximum Gasteiger partial charge on any atom is 0.227 e. The molecule has 1 aliphatic heterocycles. The SMILES string of the molecule is CCN(CC)CCCCC1CCN(Nc2nc(N[C@H]3CC[C@H](N)CC3)nc3c2ncn3C2CCCC2)CC1. The highest BCUT2D eigenvalue weighted by molar-refractivity contribution is 5.84. The number of hydrogen-bond donors (Lipinski definition) is 3. The maximum atomic E-state index is 6.15. The van der Waals surface area contributed by atoms with Crippen molar-refractivity contribution in [2.75, 3.05) is 43.5 Å². The van der Waals surface area contributed by atoms with E-state index in [0.717, 1.165) is 67.6 Å². The summed E-state index contributed by atoms with van der Waals surface area (Å²) in [5, 5.41) is 6.00. The first kappa shape index (κ1) is 27.6. The van der Waals surface area contributed by atoms with Crippen LogP contribution in [-0.2, 0) is 0 Å². The third kappa shape index (κ3) is 6.96. The van der Waals surface area contributed by atoms with Gasteiger partial charge in [-0.05, 0) is 83.3 Å². The van der Waals surface area contributed by atoms with Crippen LogP contribution in [0.3, 0.4) is 0 Å². The molecule has 2 saturated carbocycles. The zero-order chi connectivity index (χ0) is 26.3. The normalized spacial score (nSPS) is 24.0. The van der Waals surface area contributed by atoms with Gasteiger partial charge < -0.3 is 25.9 Å². The van der Waals surface area contributed by atoms with Crippen molar-refractivity contribution in [2.24, 2.45) is 11.7 Å². The summed E-state index contributed by atoms with van der Waals surface area (Å²) in [6, 6.07) is 1.23. The molecule has 3 fully saturated rings. The number of unbranched alkanes of at least 4 members (excludes halogenated alkanes) is 1. The number of fused-ring (bicyclic) bond motifs is 1. The average Bonchev–Trinajstić information content (AvgIpc) is 3.61. The van der Waals surface area contributed by atoms with E-state index in [1.165, 1.54) is 77.4 Å². The van der Waals surface area contributed by atoms with Gasteiger partial charge in [0.15, 0.2) is 17.0 Å². The average molecular weight is 526 g/mol. The Morgan fingerprint density at radius 3 is 2.39 bits per heavy atom. The van der Waals surface area contributed by atoms with E-state index in [9.17, 15) is 0 Å². The first-order valence-corrected chi connectivity index (χ1v) is 15.6. The lowest BCUT2D eigenvalue weighted by Gasteiger charge is -2.32. The van der Waals surface area contributed by atoms with E-state index >= 15 is 0 Å². The fourth-order valence-electron chi connectivity index (χ4n) is 6.75. The van der Waals surface area contributed by atoms with E-state index in [4.69, 9.17) is 20.7 Å². The highest BCUT2D eigenvalue weighted by Crippen LogP contribution is 2.34. The number of hydrogen-bond acceptors (Lipinski definition) is 8. The molecule has 4 N–H and O–H groups in total. The van der Waals surface area contributed by atoms with Crippen LogP contribution in [0.15, 0.2) is 6.33 Å². The predicted octanol–water partition coefficient (Wildman–Crippen LogP) is 5.17. The summed E-state index contributed by atoms with van der Waals surface area (Å²) < 4.78 is 2.31. The molecule has 9 heteroatoms. The van der Waals surface area contributed by atoms with Gasteiger partial charge in [-0.2, -0.15) is 9.97 Å². The van der Waals surface area contributed by atoms with Crippen molar-refractivity contribution in [3.8, 4) is 0 Å². The molecule has 3 heterocycles. The number of aromatic nitrogens is 4. The molecule has 1 saturated heterocycles. The summed E-state index contributed by atoms with van der Waals surface area (Å²) in [4.78, 5) is 17.3. The number of anilines is 2. The molecule has 0 atom stereocenters. The molecule has 3 aliphatic rings. The Hall–Kier alpha value is -1.97. The monoisotopic (exact) mass is 525 g/mol. The molecule has 0 unspecified atom stereocenters. The second-order valence-corrected chi connectivity index (χ2v) is 12.0. The van der Waals surface area contributed by atoms with Gasteiger partial charge in [-0.1, -0.05) is 39.5 Å². The van der Waals surface area contributed by atoms with Crippen LogP contribution in [0.25, 0.3) is 11.2 Å². The van der Waals surface area contributed by atoms with Gasteiger partial charge in [-0.15, -0.1) is 0 Å². The number of nitrogens with one attached hydrogen (secondary N) is 2. The molecule has 2 aliphatic carbocycles. The molecule has 212 valence electrons. The zero-order valence-electron chi connectivity index (χ0n) is 23.9. The molecule has 2 aromatic heterocycles. The Kier molecular flexibility index (Phi) is 9.73. The topological polar surface area (TPSA) is 100 Å². The van der Waals surface area contributed by atoms with Crippen molar-refractivity contribution in [3.63, 3.8) is 0 Å². The minimum absolute atomic E-state index is 0.336. The summed E-state index contributed by atoms with van der Waals surface area (Å²) in [6.07, 6.45) is 17.8. The van der Waals surface area contributed by atoms with Crippen LogP contribution in [0, 0.1) is 5.92 Å². The summed E-state index contributed by atoms with van der Waals surface area (Å²) in [6.45, 7) is 10.2. The molecular formula is C29H51N9. The molecule has 5 rings (SSSR count). The van der Waals surface area contributed by atoms with Crippen LogP contribution in [0.5, 0.6) is 0 Å². The summed E-state index contributed by atoms with van der Waals surface area (Å²) >= 11 is 0. The van der Waals surface area contributed by atoms with Crippen LogP contribution < -0.4 is 16.5 Å². The molecule has 2 aromatic rings. The van der Waals surface area contributed by atoms with Gasteiger partial charge in [-0.3, -0.25) is 0 Å². The summed E-state index contributed by atoms with van der Waals surface area (Å²) in [7, 11) is 0. The molecule has 0 amide bonds. The Bertz CT molecular complexity index is 981. The highest BCUT2D eigenvalue weighted by Gasteiger charge is 2.25. The molecule has 9 nitrogen and oxygen atoms in total. The van der Waals surface area contributed by atoms with Gasteiger partial charge in [0.05, 0.1) is 6.33 Å². The highest BCUT2D eigenvalue weighted by atomic mass is 15.5. The molecule has 38 heavy (non-hydrogen) atoms. The second kappa shape index (κ2) is 13.4. The largest absolute Gasteiger partial charge is 0.351 e. The fourth-order valence-corrected chi connectivity index (χ4v) is 6.75. The van der Waals surface area contributed by atoms with Gasteiger partial charge in [0, 0.05) is 31.2 Å². The van der Waals surface area contributed by atoms with Crippen LogP contribution in [0.2, 0.25) is 0 Å². The van der Waals surface area contributed by atoms with E-state index < -0.39 is 0 Å². The van der Waals surface area contributed by atoms with Crippen LogP contribution in [0.1, 0.15) is 103 Å². The second-order valence-electron chi connectivity index (χ2n) is 12.0. The van der Waals surface area contributed by atoms with E-state index in [1.807, 2.05) is 6.33 Å². The third-order valence-electron chi connectivity index (χ3n) is 9.35. The van der Waals surface area contributed by atoms with E-state index in [0.29, 0.717) is 18.1 Å². The van der Waals surface area contributed by atoms with Gasteiger partial charge >= 0.3 is 0 Å². The van der Waals surface area contributed by atoms with E-state index in [-0.39, 0.29) is 0 Å². The Morgan fingerprint density at radius 1 is 0.947 bits per heavy atom. The molecule has 0 radical (unpaired) electrons. The van der Waals surface area contributed by atoms with Gasteiger partial charge in [-0.25, -0.2) is 9.99 Å². The minimum atomic E-state index is 0.336. The number of rotatable bonds is 12.